The second kappa shape index (κ2) is 6.72. The van der Waals surface area contributed by atoms with Gasteiger partial charge in [-0.25, -0.2) is 0 Å². The third-order valence-electron chi connectivity index (χ3n) is 4.78. The van der Waals surface area contributed by atoms with Crippen molar-refractivity contribution in [2.45, 2.75) is 52.4 Å². The van der Waals surface area contributed by atoms with Crippen LogP contribution in [0.1, 0.15) is 58.2 Å². The van der Waals surface area contributed by atoms with Gasteiger partial charge in [0.15, 0.2) is 0 Å². The Kier molecular flexibility index (Phi) is 4.75. The fourth-order valence-corrected chi connectivity index (χ4v) is 3.00. The van der Waals surface area contributed by atoms with E-state index in [-0.39, 0.29) is 10.8 Å². The van der Waals surface area contributed by atoms with Gasteiger partial charge in [0, 0.05) is 6.21 Å². The minimum absolute atomic E-state index is 0.118. The van der Waals surface area contributed by atoms with E-state index < -0.39 is 0 Å². The van der Waals surface area contributed by atoms with Crippen molar-refractivity contribution in [1.29, 1.82) is 0 Å². The van der Waals surface area contributed by atoms with E-state index in [0.717, 1.165) is 11.3 Å². The van der Waals surface area contributed by atoms with E-state index in [2.05, 4.69) is 102 Å². The minimum atomic E-state index is 0.118. The fourth-order valence-electron chi connectivity index (χ4n) is 3.00. The van der Waals surface area contributed by atoms with Crippen LogP contribution in [0.15, 0.2) is 65.7 Å². The van der Waals surface area contributed by atoms with Crippen LogP contribution in [0.4, 0.5) is 5.69 Å². The summed E-state index contributed by atoms with van der Waals surface area (Å²) in [6.07, 6.45) is 1.99. The standard InChI is InChI=1S/C25H29N/c1-24(2,3)21-13-18(14-22(16-21)25(4,5)6)17-26-23-12-11-19-9-7-8-10-20(19)15-23/h7-17H,1-6H3. The molecule has 0 bridgehead atoms. The first-order chi connectivity index (χ1) is 12.1. The summed E-state index contributed by atoms with van der Waals surface area (Å²) >= 11 is 0. The Morgan fingerprint density at radius 2 is 1.23 bits per heavy atom. The van der Waals surface area contributed by atoms with E-state index in [1.165, 1.54) is 21.9 Å². The minimum Gasteiger partial charge on any atom is -0.256 e. The normalized spacial score (nSPS) is 12.8. The molecule has 0 aliphatic rings. The molecule has 3 aromatic rings. The van der Waals surface area contributed by atoms with Crippen molar-refractivity contribution in [2.75, 3.05) is 0 Å². The average Bonchev–Trinajstić information content (AvgIpc) is 2.58. The van der Waals surface area contributed by atoms with Gasteiger partial charge >= 0.3 is 0 Å². The van der Waals surface area contributed by atoms with E-state index in [9.17, 15) is 0 Å². The van der Waals surface area contributed by atoms with Crippen molar-refractivity contribution in [3.8, 4) is 0 Å². The molecule has 0 atom stereocenters. The molecule has 0 aliphatic heterocycles. The molecule has 0 aromatic heterocycles. The molecule has 0 amide bonds. The molecule has 3 rings (SSSR count). The zero-order chi connectivity index (χ0) is 18.9. The first kappa shape index (κ1) is 18.4. The zero-order valence-electron chi connectivity index (χ0n) is 16.8. The number of benzene rings is 3. The van der Waals surface area contributed by atoms with Crippen molar-refractivity contribution in [1.82, 2.24) is 0 Å². The Hall–Kier alpha value is -2.41. The molecule has 1 heteroatoms. The second-order valence-electron chi connectivity index (χ2n) is 9.13. The molecule has 1 nitrogen and oxygen atoms in total. The molecule has 0 heterocycles. The molecule has 26 heavy (non-hydrogen) atoms. The van der Waals surface area contributed by atoms with Crippen LogP contribution in [-0.4, -0.2) is 6.21 Å². The predicted molar refractivity (Wildman–Crippen MR) is 115 cm³/mol. The summed E-state index contributed by atoms with van der Waals surface area (Å²) in [6.45, 7) is 13.6. The van der Waals surface area contributed by atoms with Crippen molar-refractivity contribution in [2.24, 2.45) is 4.99 Å². The van der Waals surface area contributed by atoms with Gasteiger partial charge in [-0.15, -0.1) is 0 Å². The molecule has 0 spiro atoms. The Labute approximate surface area is 157 Å². The molecule has 0 N–H and O–H groups in total. The lowest BCUT2D eigenvalue weighted by molar-refractivity contribution is 0.568. The Balaban J connectivity index is 2.00. The third kappa shape index (κ3) is 4.22. The lowest BCUT2D eigenvalue weighted by atomic mass is 9.79. The van der Waals surface area contributed by atoms with Gasteiger partial charge in [-0.2, -0.15) is 0 Å². The monoisotopic (exact) mass is 343 g/mol. The van der Waals surface area contributed by atoms with E-state index in [1.807, 2.05) is 6.21 Å². The number of nitrogens with zero attached hydrogens (tertiary/aromatic N) is 1. The van der Waals surface area contributed by atoms with Gasteiger partial charge in [0.25, 0.3) is 0 Å². The van der Waals surface area contributed by atoms with Gasteiger partial charge in [0.05, 0.1) is 5.69 Å². The number of aliphatic imine (C=N–C) groups is 1. The van der Waals surface area contributed by atoms with Gasteiger partial charge in [-0.1, -0.05) is 77.9 Å². The molecule has 0 aliphatic carbocycles. The first-order valence-corrected chi connectivity index (χ1v) is 9.32. The number of hydrogen-bond donors (Lipinski definition) is 0. The van der Waals surface area contributed by atoms with Gasteiger partial charge in [-0.05, 0) is 62.6 Å². The highest BCUT2D eigenvalue weighted by molar-refractivity contribution is 5.88. The number of hydrogen-bond acceptors (Lipinski definition) is 1. The molecule has 134 valence electrons. The molecule has 0 unspecified atom stereocenters. The summed E-state index contributed by atoms with van der Waals surface area (Å²) in [7, 11) is 0. The van der Waals surface area contributed by atoms with Gasteiger partial charge in [0.1, 0.15) is 0 Å². The second-order valence-corrected chi connectivity index (χ2v) is 9.13. The van der Waals surface area contributed by atoms with Crippen LogP contribution in [-0.2, 0) is 10.8 Å². The molecule has 0 fully saturated rings. The van der Waals surface area contributed by atoms with Crippen LogP contribution in [0, 0.1) is 0 Å². The lowest BCUT2D eigenvalue weighted by Gasteiger charge is -2.25. The van der Waals surface area contributed by atoms with Gasteiger partial charge in [0.2, 0.25) is 0 Å². The molecule has 0 radical (unpaired) electrons. The molecule has 0 saturated heterocycles. The highest BCUT2D eigenvalue weighted by Crippen LogP contribution is 2.30. The van der Waals surface area contributed by atoms with Crippen molar-refractivity contribution in [3.05, 3.63) is 77.4 Å². The van der Waals surface area contributed by atoms with Crippen LogP contribution in [0.5, 0.6) is 0 Å². The summed E-state index contributed by atoms with van der Waals surface area (Å²) in [4.78, 5) is 4.75. The SMILES string of the molecule is CC(C)(C)c1cc(C=Nc2ccc3ccccc3c2)cc(C(C)(C)C)c1. The molecule has 0 saturated carbocycles. The lowest BCUT2D eigenvalue weighted by Crippen LogP contribution is -2.17. The average molecular weight is 344 g/mol. The maximum atomic E-state index is 4.75. The van der Waals surface area contributed by atoms with E-state index in [4.69, 9.17) is 4.99 Å². The van der Waals surface area contributed by atoms with Gasteiger partial charge in [-0.3, -0.25) is 4.99 Å². The van der Waals surface area contributed by atoms with E-state index in [0.29, 0.717) is 0 Å². The summed E-state index contributed by atoms with van der Waals surface area (Å²) in [5.74, 6) is 0. The Morgan fingerprint density at radius 1 is 0.654 bits per heavy atom. The Morgan fingerprint density at radius 3 is 1.81 bits per heavy atom. The van der Waals surface area contributed by atoms with Crippen molar-refractivity contribution < 1.29 is 0 Å². The topological polar surface area (TPSA) is 12.4 Å². The van der Waals surface area contributed by atoms with Crippen LogP contribution in [0.25, 0.3) is 10.8 Å². The van der Waals surface area contributed by atoms with E-state index in [1.54, 1.807) is 0 Å². The Bertz CT molecular complexity index is 918. The summed E-state index contributed by atoms with van der Waals surface area (Å²) in [5.41, 5.74) is 5.09. The summed E-state index contributed by atoms with van der Waals surface area (Å²) < 4.78 is 0. The first-order valence-electron chi connectivity index (χ1n) is 9.32. The van der Waals surface area contributed by atoms with E-state index >= 15 is 0 Å². The highest BCUT2D eigenvalue weighted by Gasteiger charge is 2.20. The summed E-state index contributed by atoms with van der Waals surface area (Å²) in [6, 6.07) is 21.6. The number of rotatable bonds is 2. The summed E-state index contributed by atoms with van der Waals surface area (Å²) in [5, 5.41) is 2.47. The van der Waals surface area contributed by atoms with Crippen LogP contribution >= 0.6 is 0 Å². The molecular formula is C25H29N. The molecule has 3 aromatic carbocycles. The van der Waals surface area contributed by atoms with Gasteiger partial charge < -0.3 is 0 Å². The fraction of sp³-hybridized carbons (Fsp3) is 0.320. The smallest absolute Gasteiger partial charge is 0.0636 e. The quantitative estimate of drug-likeness (QED) is 0.437. The predicted octanol–water partition coefficient (Wildman–Crippen LogP) is 7.19. The van der Waals surface area contributed by atoms with Crippen molar-refractivity contribution >= 4 is 22.7 Å². The van der Waals surface area contributed by atoms with Crippen LogP contribution in [0.3, 0.4) is 0 Å². The largest absolute Gasteiger partial charge is 0.256 e. The number of fused-ring (bicyclic) bond motifs is 1. The van der Waals surface area contributed by atoms with Crippen LogP contribution in [0.2, 0.25) is 0 Å². The zero-order valence-corrected chi connectivity index (χ0v) is 16.8. The third-order valence-corrected chi connectivity index (χ3v) is 4.78. The molecular weight excluding hydrogens is 314 g/mol. The van der Waals surface area contributed by atoms with Crippen molar-refractivity contribution in [3.63, 3.8) is 0 Å². The maximum absolute atomic E-state index is 4.75. The maximum Gasteiger partial charge on any atom is 0.0636 e. The highest BCUT2D eigenvalue weighted by atomic mass is 14.7. The van der Waals surface area contributed by atoms with Crippen LogP contribution < -0.4 is 0 Å².